The molecule has 0 unspecified atom stereocenters. The van der Waals surface area contributed by atoms with Crippen LogP contribution >= 0.6 is 0 Å². The van der Waals surface area contributed by atoms with Gasteiger partial charge in [-0.2, -0.15) is 0 Å². The zero-order valence-corrected chi connectivity index (χ0v) is 6.52. The number of amides is 1. The number of hydrogen-bond acceptors (Lipinski definition) is 4. The van der Waals surface area contributed by atoms with Crippen LogP contribution in [0.2, 0.25) is 0 Å². The molecule has 1 heterocycles. The maximum absolute atomic E-state index is 10.7. The van der Waals surface area contributed by atoms with E-state index in [9.17, 15) is 9.90 Å². The second-order valence-corrected chi connectivity index (χ2v) is 2.51. The Morgan fingerprint density at radius 3 is 2.92 bits per heavy atom. The third-order valence-corrected chi connectivity index (χ3v) is 1.61. The predicted octanol–water partition coefficient (Wildman–Crippen LogP) is 0.632. The van der Waals surface area contributed by atoms with E-state index in [0.29, 0.717) is 5.58 Å². The van der Waals surface area contributed by atoms with Gasteiger partial charge >= 0.3 is 5.91 Å². The highest BCUT2D eigenvalue weighted by Gasteiger charge is 2.12. The van der Waals surface area contributed by atoms with Crippen molar-refractivity contribution < 1.29 is 14.3 Å². The van der Waals surface area contributed by atoms with E-state index >= 15 is 0 Å². The summed E-state index contributed by atoms with van der Waals surface area (Å²) in [6.45, 7) is 0. The Balaban J connectivity index is 2.75. The van der Waals surface area contributed by atoms with Crippen LogP contribution in [0.5, 0.6) is 5.75 Å². The largest absolute Gasteiger partial charge is 0.506 e. The lowest BCUT2D eigenvalue weighted by Gasteiger charge is -1.87. The Kier molecular flexibility index (Phi) is 1.45. The highest BCUT2D eigenvalue weighted by molar-refractivity contribution is 5.92. The summed E-state index contributed by atoms with van der Waals surface area (Å²) >= 11 is 0. The number of hydrogen-bond donors (Lipinski definition) is 2. The van der Waals surface area contributed by atoms with Crippen LogP contribution in [0, 0.1) is 0 Å². The van der Waals surface area contributed by atoms with Gasteiger partial charge in [0.25, 0.3) is 5.89 Å². The second kappa shape index (κ2) is 2.48. The van der Waals surface area contributed by atoms with E-state index in [4.69, 9.17) is 10.2 Å². The van der Waals surface area contributed by atoms with Gasteiger partial charge < -0.3 is 15.3 Å². The number of rotatable bonds is 1. The van der Waals surface area contributed by atoms with Gasteiger partial charge in [0.2, 0.25) is 0 Å². The highest BCUT2D eigenvalue weighted by Crippen LogP contribution is 2.23. The molecule has 0 fully saturated rings. The quantitative estimate of drug-likeness (QED) is 0.670. The number of aromatic hydroxyl groups is 1. The molecule has 0 saturated carbocycles. The number of carbonyl (C=O) groups is 1. The lowest BCUT2D eigenvalue weighted by Crippen LogP contribution is -2.10. The van der Waals surface area contributed by atoms with E-state index < -0.39 is 5.91 Å². The van der Waals surface area contributed by atoms with Crippen molar-refractivity contribution in [3.63, 3.8) is 0 Å². The first-order valence-corrected chi connectivity index (χ1v) is 3.57. The Morgan fingerprint density at radius 2 is 2.31 bits per heavy atom. The minimum absolute atomic E-state index is 0.0336. The van der Waals surface area contributed by atoms with Crippen LogP contribution in [0.15, 0.2) is 22.6 Å². The molecule has 3 N–H and O–H groups in total. The molecular formula is C8H6N2O3. The number of benzene rings is 1. The summed E-state index contributed by atoms with van der Waals surface area (Å²) < 4.78 is 4.96. The monoisotopic (exact) mass is 178 g/mol. The summed E-state index contributed by atoms with van der Waals surface area (Å²) in [7, 11) is 0. The topological polar surface area (TPSA) is 89.4 Å². The van der Waals surface area contributed by atoms with Crippen molar-refractivity contribution in [3.05, 3.63) is 24.1 Å². The Hall–Kier alpha value is -2.04. The fraction of sp³-hybridized carbons (Fsp3) is 0. The van der Waals surface area contributed by atoms with Gasteiger partial charge in [-0.25, -0.2) is 4.98 Å². The summed E-state index contributed by atoms with van der Waals surface area (Å²) in [6, 6.07) is 4.64. The fourth-order valence-corrected chi connectivity index (χ4v) is 1.04. The van der Waals surface area contributed by atoms with Crippen molar-refractivity contribution >= 4 is 17.0 Å². The predicted molar refractivity (Wildman–Crippen MR) is 44.2 cm³/mol. The number of oxazole rings is 1. The molecule has 0 aliphatic carbocycles. The van der Waals surface area contributed by atoms with Gasteiger partial charge in [0.05, 0.1) is 0 Å². The van der Waals surface area contributed by atoms with Gasteiger partial charge in [0, 0.05) is 0 Å². The first-order chi connectivity index (χ1) is 6.18. The number of primary amides is 1. The van der Waals surface area contributed by atoms with Gasteiger partial charge in [-0.15, -0.1) is 0 Å². The Morgan fingerprint density at radius 1 is 1.54 bits per heavy atom. The average Bonchev–Trinajstić information content (AvgIpc) is 2.49. The fourth-order valence-electron chi connectivity index (χ4n) is 1.04. The zero-order chi connectivity index (χ0) is 9.42. The zero-order valence-electron chi connectivity index (χ0n) is 6.52. The molecule has 2 rings (SSSR count). The van der Waals surface area contributed by atoms with Gasteiger partial charge in [0.1, 0.15) is 5.75 Å². The van der Waals surface area contributed by atoms with E-state index in [0.717, 1.165) is 0 Å². The number of aromatic nitrogens is 1. The molecular weight excluding hydrogens is 172 g/mol. The molecule has 13 heavy (non-hydrogen) atoms. The number of carbonyl (C=O) groups excluding carboxylic acids is 1. The van der Waals surface area contributed by atoms with E-state index in [-0.39, 0.29) is 17.2 Å². The van der Waals surface area contributed by atoms with Crippen molar-refractivity contribution in [1.82, 2.24) is 4.98 Å². The number of phenols is 1. The van der Waals surface area contributed by atoms with E-state index in [1.165, 1.54) is 6.07 Å². The summed E-state index contributed by atoms with van der Waals surface area (Å²) in [5.74, 6) is -0.985. The number of para-hydroxylation sites is 1. The van der Waals surface area contributed by atoms with Crippen LogP contribution in [0.3, 0.4) is 0 Å². The molecule has 5 heteroatoms. The lowest BCUT2D eigenvalue weighted by atomic mass is 10.3. The molecule has 0 atom stereocenters. The SMILES string of the molecule is NC(=O)c1nc2c(O)cccc2o1. The van der Waals surface area contributed by atoms with Gasteiger partial charge in [-0.05, 0) is 12.1 Å². The van der Waals surface area contributed by atoms with Crippen molar-refractivity contribution in [2.45, 2.75) is 0 Å². The first kappa shape index (κ1) is 7.60. The van der Waals surface area contributed by atoms with Crippen LogP contribution in [0.1, 0.15) is 10.7 Å². The van der Waals surface area contributed by atoms with Crippen molar-refractivity contribution in [3.8, 4) is 5.75 Å². The molecule has 0 aliphatic rings. The van der Waals surface area contributed by atoms with Gasteiger partial charge in [-0.1, -0.05) is 6.07 Å². The van der Waals surface area contributed by atoms with Crippen LogP contribution < -0.4 is 5.73 Å². The molecule has 2 aromatic rings. The maximum Gasteiger partial charge on any atom is 0.304 e. The number of fused-ring (bicyclic) bond motifs is 1. The molecule has 1 amide bonds. The van der Waals surface area contributed by atoms with Crippen LogP contribution in [-0.4, -0.2) is 16.0 Å². The number of nitrogens with zero attached hydrogens (tertiary/aromatic N) is 1. The van der Waals surface area contributed by atoms with Crippen molar-refractivity contribution in [2.24, 2.45) is 5.73 Å². The molecule has 0 bridgehead atoms. The summed E-state index contributed by atoms with van der Waals surface area (Å²) in [5, 5.41) is 9.29. The third-order valence-electron chi connectivity index (χ3n) is 1.61. The summed E-state index contributed by atoms with van der Waals surface area (Å²) in [4.78, 5) is 14.4. The van der Waals surface area contributed by atoms with E-state index in [1.54, 1.807) is 12.1 Å². The second-order valence-electron chi connectivity index (χ2n) is 2.51. The van der Waals surface area contributed by atoms with Crippen molar-refractivity contribution in [1.29, 1.82) is 0 Å². The molecule has 5 nitrogen and oxygen atoms in total. The van der Waals surface area contributed by atoms with Crippen LogP contribution in [0.25, 0.3) is 11.1 Å². The molecule has 0 radical (unpaired) electrons. The standard InChI is InChI=1S/C8H6N2O3/c9-7(12)8-10-6-4(11)2-1-3-5(6)13-8/h1-3,11H,(H2,9,12). The summed E-state index contributed by atoms with van der Waals surface area (Å²) in [5.41, 5.74) is 5.54. The smallest absolute Gasteiger partial charge is 0.304 e. The third kappa shape index (κ3) is 1.10. The summed E-state index contributed by atoms with van der Waals surface area (Å²) in [6.07, 6.45) is 0. The molecule has 0 aliphatic heterocycles. The number of nitrogens with two attached hydrogens (primary N) is 1. The highest BCUT2D eigenvalue weighted by atomic mass is 16.4. The van der Waals surface area contributed by atoms with Gasteiger partial charge in [-0.3, -0.25) is 4.79 Å². The Bertz CT molecular complexity index is 475. The molecule has 66 valence electrons. The molecule has 1 aromatic heterocycles. The minimum atomic E-state index is -0.754. The maximum atomic E-state index is 10.7. The molecule has 0 saturated heterocycles. The normalized spacial score (nSPS) is 10.5. The number of phenolic OH excluding ortho intramolecular Hbond substituents is 1. The molecule has 0 spiro atoms. The van der Waals surface area contributed by atoms with Crippen molar-refractivity contribution in [2.75, 3.05) is 0 Å². The van der Waals surface area contributed by atoms with E-state index in [1.807, 2.05) is 0 Å². The average molecular weight is 178 g/mol. The first-order valence-electron chi connectivity index (χ1n) is 3.57. The Labute approximate surface area is 72.8 Å². The molecule has 1 aromatic carbocycles. The minimum Gasteiger partial charge on any atom is -0.506 e. The van der Waals surface area contributed by atoms with Crippen LogP contribution in [-0.2, 0) is 0 Å². The van der Waals surface area contributed by atoms with Crippen LogP contribution in [0.4, 0.5) is 0 Å². The van der Waals surface area contributed by atoms with E-state index in [2.05, 4.69) is 4.98 Å². The lowest BCUT2D eigenvalue weighted by molar-refractivity contribution is 0.0969. The van der Waals surface area contributed by atoms with Gasteiger partial charge in [0.15, 0.2) is 11.1 Å².